The third-order valence-corrected chi connectivity index (χ3v) is 7.07. The summed E-state index contributed by atoms with van der Waals surface area (Å²) < 4.78 is 1.60. The Bertz CT molecular complexity index is 760. The molecule has 1 aromatic rings. The number of nitrogens with zero attached hydrogens (tertiary/aromatic N) is 2. The van der Waals surface area contributed by atoms with Gasteiger partial charge in [-0.05, 0) is 77.4 Å². The summed E-state index contributed by atoms with van der Waals surface area (Å²) in [6.07, 6.45) is 9.21. The molecule has 2 fully saturated rings. The summed E-state index contributed by atoms with van der Waals surface area (Å²) >= 11 is 6.28. The van der Waals surface area contributed by atoms with E-state index >= 15 is 0 Å². The Hall–Kier alpha value is -1.33. The van der Waals surface area contributed by atoms with E-state index in [0.717, 1.165) is 31.8 Å². The molecule has 6 heteroatoms. The molecule has 3 rings (SSSR count). The average Bonchev–Trinajstić information content (AvgIpc) is 2.70. The van der Waals surface area contributed by atoms with Crippen molar-refractivity contribution >= 4 is 17.5 Å². The van der Waals surface area contributed by atoms with Crippen LogP contribution in [0.25, 0.3) is 0 Å². The lowest BCUT2D eigenvalue weighted by molar-refractivity contribution is 0.0929. The number of aromatic nitrogens is 1. The minimum atomic E-state index is -0.309. The van der Waals surface area contributed by atoms with Crippen LogP contribution in [0.15, 0.2) is 10.9 Å². The zero-order valence-electron chi connectivity index (χ0n) is 18.2. The lowest BCUT2D eigenvalue weighted by atomic mass is 9.88. The Balaban J connectivity index is 1.51. The topological polar surface area (TPSA) is 54.3 Å². The molecule has 29 heavy (non-hydrogen) atoms. The predicted molar refractivity (Wildman–Crippen MR) is 119 cm³/mol. The van der Waals surface area contributed by atoms with Gasteiger partial charge in [-0.2, -0.15) is 0 Å². The van der Waals surface area contributed by atoms with E-state index < -0.39 is 0 Å². The van der Waals surface area contributed by atoms with Crippen LogP contribution in [0.1, 0.15) is 80.9 Å². The first-order valence-corrected chi connectivity index (χ1v) is 11.7. The molecule has 0 radical (unpaired) electrons. The largest absolute Gasteiger partial charge is 0.352 e. The van der Waals surface area contributed by atoms with Crippen molar-refractivity contribution < 1.29 is 4.79 Å². The normalized spacial score (nSPS) is 19.6. The molecule has 0 unspecified atom stereocenters. The molecule has 1 aliphatic heterocycles. The van der Waals surface area contributed by atoms with Gasteiger partial charge in [0.2, 0.25) is 0 Å². The van der Waals surface area contributed by atoms with Gasteiger partial charge >= 0.3 is 0 Å². The van der Waals surface area contributed by atoms with Crippen molar-refractivity contribution in [1.82, 2.24) is 14.8 Å². The van der Waals surface area contributed by atoms with Gasteiger partial charge in [0.25, 0.3) is 11.5 Å². The van der Waals surface area contributed by atoms with E-state index in [1.54, 1.807) is 4.57 Å². The SMILES string of the molecule is Cc1c(Cl)cc(C(=O)NCC2CCN(CC3CCCCC3)CC2)c(=O)n1C(C)C. The van der Waals surface area contributed by atoms with Crippen LogP contribution >= 0.6 is 11.6 Å². The maximum Gasteiger partial charge on any atom is 0.263 e. The summed E-state index contributed by atoms with van der Waals surface area (Å²) in [5, 5.41) is 3.45. The summed E-state index contributed by atoms with van der Waals surface area (Å²) in [6, 6.07) is 1.47. The van der Waals surface area contributed by atoms with Crippen LogP contribution in [0.3, 0.4) is 0 Å². The van der Waals surface area contributed by atoms with Gasteiger partial charge in [-0.3, -0.25) is 9.59 Å². The molecule has 1 aromatic heterocycles. The van der Waals surface area contributed by atoms with E-state index in [9.17, 15) is 9.59 Å². The Morgan fingerprint density at radius 1 is 1.14 bits per heavy atom. The van der Waals surface area contributed by atoms with Crippen LogP contribution in [0.5, 0.6) is 0 Å². The first kappa shape index (κ1) is 22.4. The highest BCUT2D eigenvalue weighted by atomic mass is 35.5. The van der Waals surface area contributed by atoms with E-state index in [2.05, 4.69) is 10.2 Å². The van der Waals surface area contributed by atoms with Gasteiger partial charge in [0.1, 0.15) is 5.56 Å². The second-order valence-corrected chi connectivity index (χ2v) is 9.63. The highest BCUT2D eigenvalue weighted by Crippen LogP contribution is 2.26. The van der Waals surface area contributed by atoms with Crippen molar-refractivity contribution in [3.05, 3.63) is 32.7 Å². The van der Waals surface area contributed by atoms with Crippen LogP contribution in [0.4, 0.5) is 0 Å². The molecule has 162 valence electrons. The second kappa shape index (κ2) is 10.1. The smallest absolute Gasteiger partial charge is 0.263 e. The van der Waals surface area contributed by atoms with Gasteiger partial charge in [-0.1, -0.05) is 30.9 Å². The summed E-state index contributed by atoms with van der Waals surface area (Å²) in [7, 11) is 0. The van der Waals surface area contributed by atoms with Crippen LogP contribution in [0, 0.1) is 18.8 Å². The lowest BCUT2D eigenvalue weighted by Crippen LogP contribution is -2.42. The zero-order chi connectivity index (χ0) is 21.0. The summed E-state index contributed by atoms with van der Waals surface area (Å²) in [5.41, 5.74) is 0.583. The van der Waals surface area contributed by atoms with Crippen molar-refractivity contribution in [3.63, 3.8) is 0 Å². The minimum Gasteiger partial charge on any atom is -0.352 e. The van der Waals surface area contributed by atoms with Crippen molar-refractivity contribution in [1.29, 1.82) is 0 Å². The fourth-order valence-electron chi connectivity index (χ4n) is 4.91. The number of carbonyl (C=O) groups excluding carboxylic acids is 1. The number of nitrogens with one attached hydrogen (secondary N) is 1. The maximum atomic E-state index is 12.7. The molecule has 2 aliphatic rings. The van der Waals surface area contributed by atoms with Crippen molar-refractivity contribution in [3.8, 4) is 0 Å². The number of likely N-dealkylation sites (tertiary alicyclic amines) is 1. The standard InChI is InChI=1S/C23H36ClN3O2/c1-16(2)27-17(3)21(24)13-20(23(27)29)22(28)25-14-18-9-11-26(12-10-18)15-19-7-5-4-6-8-19/h13,16,18-19H,4-12,14-15H2,1-3H3,(H,25,28). The molecule has 2 heterocycles. The third-order valence-electron chi connectivity index (χ3n) is 6.69. The number of amides is 1. The fourth-order valence-corrected chi connectivity index (χ4v) is 5.11. The van der Waals surface area contributed by atoms with E-state index in [1.165, 1.54) is 44.7 Å². The highest BCUT2D eigenvalue weighted by molar-refractivity contribution is 6.31. The van der Waals surface area contributed by atoms with Gasteiger partial charge in [-0.25, -0.2) is 0 Å². The van der Waals surface area contributed by atoms with Crippen molar-refractivity contribution in [2.75, 3.05) is 26.2 Å². The molecule has 1 saturated carbocycles. The Kier molecular flexibility index (Phi) is 7.80. The Labute approximate surface area is 179 Å². The first-order chi connectivity index (χ1) is 13.9. The molecule has 0 spiro atoms. The number of pyridine rings is 1. The molecule has 0 atom stereocenters. The molecular formula is C23H36ClN3O2. The third kappa shape index (κ3) is 5.64. The summed E-state index contributed by atoms with van der Waals surface area (Å²) in [5.74, 6) is 1.06. The first-order valence-electron chi connectivity index (χ1n) is 11.3. The molecule has 0 aromatic carbocycles. The molecule has 1 saturated heterocycles. The monoisotopic (exact) mass is 421 g/mol. The molecular weight excluding hydrogens is 386 g/mol. The van der Waals surface area contributed by atoms with Crippen LogP contribution in [-0.4, -0.2) is 41.6 Å². The lowest BCUT2D eigenvalue weighted by Gasteiger charge is -2.35. The highest BCUT2D eigenvalue weighted by Gasteiger charge is 2.24. The van der Waals surface area contributed by atoms with Crippen LogP contribution in [0.2, 0.25) is 5.02 Å². The number of rotatable bonds is 6. The zero-order valence-corrected chi connectivity index (χ0v) is 18.9. The van der Waals surface area contributed by atoms with E-state index in [0.29, 0.717) is 23.2 Å². The molecule has 5 nitrogen and oxygen atoms in total. The van der Waals surface area contributed by atoms with Gasteiger partial charge in [0, 0.05) is 24.8 Å². The van der Waals surface area contributed by atoms with E-state index in [1.807, 2.05) is 20.8 Å². The second-order valence-electron chi connectivity index (χ2n) is 9.22. The van der Waals surface area contributed by atoms with Gasteiger partial charge < -0.3 is 14.8 Å². The maximum absolute atomic E-state index is 12.7. The van der Waals surface area contributed by atoms with Gasteiger partial charge in [-0.15, -0.1) is 0 Å². The summed E-state index contributed by atoms with van der Waals surface area (Å²) in [4.78, 5) is 28.0. The molecule has 1 amide bonds. The van der Waals surface area contributed by atoms with E-state index in [4.69, 9.17) is 11.6 Å². The molecule has 0 bridgehead atoms. The summed E-state index contributed by atoms with van der Waals surface area (Å²) in [6.45, 7) is 9.77. The minimum absolute atomic E-state index is 0.0405. The van der Waals surface area contributed by atoms with Crippen LogP contribution in [-0.2, 0) is 0 Å². The Morgan fingerprint density at radius 3 is 2.41 bits per heavy atom. The fraction of sp³-hybridized carbons (Fsp3) is 0.739. The number of hydrogen-bond acceptors (Lipinski definition) is 3. The van der Waals surface area contributed by atoms with Crippen molar-refractivity contribution in [2.24, 2.45) is 11.8 Å². The van der Waals surface area contributed by atoms with Gasteiger partial charge in [0.15, 0.2) is 0 Å². The number of piperidine rings is 1. The average molecular weight is 422 g/mol. The predicted octanol–water partition coefficient (Wildman–Crippen LogP) is 4.41. The Morgan fingerprint density at radius 2 is 1.79 bits per heavy atom. The molecule has 1 N–H and O–H groups in total. The number of carbonyl (C=O) groups is 1. The quantitative estimate of drug-likeness (QED) is 0.739. The molecule has 1 aliphatic carbocycles. The van der Waals surface area contributed by atoms with Crippen LogP contribution < -0.4 is 10.9 Å². The van der Waals surface area contributed by atoms with Crippen molar-refractivity contribution in [2.45, 2.75) is 71.8 Å². The number of hydrogen-bond donors (Lipinski definition) is 1. The van der Waals surface area contributed by atoms with E-state index in [-0.39, 0.29) is 23.1 Å². The number of halogens is 1. The van der Waals surface area contributed by atoms with Gasteiger partial charge in [0.05, 0.1) is 5.02 Å².